The maximum absolute atomic E-state index is 4.33. The van der Waals surface area contributed by atoms with Gasteiger partial charge in [-0.15, -0.1) is 0 Å². The molecule has 0 aromatic carbocycles. The van der Waals surface area contributed by atoms with Crippen molar-refractivity contribution in [2.45, 2.75) is 19.0 Å². The molecular formula is C8H10N2. The van der Waals surface area contributed by atoms with Crippen LogP contribution in [0.3, 0.4) is 0 Å². The van der Waals surface area contributed by atoms with Gasteiger partial charge in [0.25, 0.3) is 0 Å². The molecule has 0 bridgehead atoms. The zero-order valence-corrected chi connectivity index (χ0v) is 5.91. The standard InChI is InChI=1S/C8H10N2/c1-6-4-8-7(10-5-6)2-3-9-8/h2-5,7-9H,1H3. The lowest BCUT2D eigenvalue weighted by molar-refractivity contribution is 0.663. The van der Waals surface area contributed by atoms with Crippen molar-refractivity contribution >= 4 is 6.21 Å². The van der Waals surface area contributed by atoms with Gasteiger partial charge in [-0.05, 0) is 24.8 Å². The van der Waals surface area contributed by atoms with Gasteiger partial charge >= 0.3 is 0 Å². The van der Waals surface area contributed by atoms with E-state index in [1.165, 1.54) is 5.57 Å². The third-order valence-electron chi connectivity index (χ3n) is 1.84. The number of aliphatic imine (C=N–C) groups is 1. The number of allylic oxidation sites excluding steroid dienone is 1. The lowest BCUT2D eigenvalue weighted by Crippen LogP contribution is -2.29. The lowest BCUT2D eigenvalue weighted by atomic mass is 10.1. The average Bonchev–Trinajstić information content (AvgIpc) is 2.33. The predicted molar refractivity (Wildman–Crippen MR) is 42.1 cm³/mol. The Kier molecular flexibility index (Phi) is 1.13. The Morgan fingerprint density at radius 3 is 3.40 bits per heavy atom. The number of fused-ring (bicyclic) bond motifs is 1. The van der Waals surface area contributed by atoms with E-state index in [1.807, 2.05) is 12.4 Å². The zero-order chi connectivity index (χ0) is 6.97. The van der Waals surface area contributed by atoms with E-state index in [9.17, 15) is 0 Å². The first-order valence-corrected chi connectivity index (χ1v) is 3.50. The summed E-state index contributed by atoms with van der Waals surface area (Å²) in [7, 11) is 0. The van der Waals surface area contributed by atoms with Gasteiger partial charge in [0.15, 0.2) is 0 Å². The van der Waals surface area contributed by atoms with Gasteiger partial charge in [0.2, 0.25) is 0 Å². The van der Waals surface area contributed by atoms with Crippen LogP contribution in [0.1, 0.15) is 6.92 Å². The summed E-state index contributed by atoms with van der Waals surface area (Å²) in [5.41, 5.74) is 1.25. The highest BCUT2D eigenvalue weighted by Gasteiger charge is 2.20. The first-order chi connectivity index (χ1) is 4.86. The molecule has 2 aliphatic heterocycles. The SMILES string of the molecule is CC1=CC2NC=CC2N=C1. The molecule has 0 radical (unpaired) electrons. The van der Waals surface area contributed by atoms with Gasteiger partial charge in [0, 0.05) is 6.21 Å². The van der Waals surface area contributed by atoms with Gasteiger partial charge < -0.3 is 5.32 Å². The fraction of sp³-hybridized carbons (Fsp3) is 0.375. The van der Waals surface area contributed by atoms with Crippen LogP contribution in [-0.4, -0.2) is 18.3 Å². The Bertz CT molecular complexity index is 225. The molecule has 0 aromatic rings. The highest BCUT2D eigenvalue weighted by Crippen LogP contribution is 2.14. The number of nitrogens with zero attached hydrogens (tertiary/aromatic N) is 1. The normalized spacial score (nSPS) is 35.1. The van der Waals surface area contributed by atoms with E-state index in [4.69, 9.17) is 0 Å². The molecule has 0 saturated heterocycles. The number of hydrogen-bond donors (Lipinski definition) is 1. The van der Waals surface area contributed by atoms with Crippen LogP contribution in [0.15, 0.2) is 28.9 Å². The topological polar surface area (TPSA) is 24.4 Å². The molecule has 2 heterocycles. The molecule has 0 aliphatic carbocycles. The second-order valence-corrected chi connectivity index (χ2v) is 2.73. The zero-order valence-electron chi connectivity index (χ0n) is 5.91. The van der Waals surface area contributed by atoms with Crippen LogP contribution in [0.5, 0.6) is 0 Å². The molecule has 2 rings (SSSR count). The molecule has 0 spiro atoms. The monoisotopic (exact) mass is 134 g/mol. The second kappa shape index (κ2) is 1.97. The molecule has 2 aliphatic rings. The molecule has 2 nitrogen and oxygen atoms in total. The fourth-order valence-corrected chi connectivity index (χ4v) is 1.30. The van der Waals surface area contributed by atoms with Crippen molar-refractivity contribution in [2.75, 3.05) is 0 Å². The summed E-state index contributed by atoms with van der Waals surface area (Å²) in [6.07, 6.45) is 8.20. The third-order valence-corrected chi connectivity index (χ3v) is 1.84. The van der Waals surface area contributed by atoms with Crippen LogP contribution in [0, 0.1) is 0 Å². The molecule has 0 aromatic heterocycles. The van der Waals surface area contributed by atoms with Crippen molar-refractivity contribution in [3.05, 3.63) is 23.9 Å². The van der Waals surface area contributed by atoms with Crippen LogP contribution in [0.2, 0.25) is 0 Å². The summed E-state index contributed by atoms with van der Waals surface area (Å²) in [4.78, 5) is 4.33. The largest absolute Gasteiger partial charge is 0.382 e. The molecule has 2 unspecified atom stereocenters. The molecule has 10 heavy (non-hydrogen) atoms. The molecule has 52 valence electrons. The molecule has 0 amide bonds. The van der Waals surface area contributed by atoms with E-state index in [0.717, 1.165) is 0 Å². The van der Waals surface area contributed by atoms with E-state index in [1.54, 1.807) is 0 Å². The number of hydrogen-bond acceptors (Lipinski definition) is 2. The van der Waals surface area contributed by atoms with E-state index < -0.39 is 0 Å². The Morgan fingerprint density at radius 1 is 1.60 bits per heavy atom. The van der Waals surface area contributed by atoms with E-state index in [0.29, 0.717) is 12.1 Å². The van der Waals surface area contributed by atoms with Crippen LogP contribution in [0.25, 0.3) is 0 Å². The number of nitrogens with one attached hydrogen (secondary N) is 1. The minimum Gasteiger partial charge on any atom is -0.382 e. The van der Waals surface area contributed by atoms with Gasteiger partial charge in [-0.3, -0.25) is 4.99 Å². The Balaban J connectivity index is 2.25. The van der Waals surface area contributed by atoms with E-state index in [2.05, 4.69) is 29.4 Å². The molecule has 1 N–H and O–H groups in total. The highest BCUT2D eigenvalue weighted by molar-refractivity contribution is 5.79. The minimum atomic E-state index is 0.351. The van der Waals surface area contributed by atoms with Gasteiger partial charge in [-0.25, -0.2) is 0 Å². The van der Waals surface area contributed by atoms with Gasteiger partial charge in [0.05, 0.1) is 12.1 Å². The Hall–Kier alpha value is -1.05. The summed E-state index contributed by atoms with van der Waals surface area (Å²) in [6.45, 7) is 2.07. The molecule has 0 fully saturated rings. The Morgan fingerprint density at radius 2 is 2.50 bits per heavy atom. The van der Waals surface area contributed by atoms with Crippen molar-refractivity contribution in [1.82, 2.24) is 5.32 Å². The predicted octanol–water partition coefficient (Wildman–Crippen LogP) is 0.871. The summed E-state index contributed by atoms with van der Waals surface area (Å²) in [5, 5.41) is 3.22. The minimum absolute atomic E-state index is 0.351. The van der Waals surface area contributed by atoms with Crippen molar-refractivity contribution in [1.29, 1.82) is 0 Å². The maximum atomic E-state index is 4.33. The van der Waals surface area contributed by atoms with Crippen molar-refractivity contribution < 1.29 is 0 Å². The van der Waals surface area contributed by atoms with E-state index in [-0.39, 0.29) is 0 Å². The number of dihydropyridines is 1. The summed E-state index contributed by atoms with van der Waals surface area (Å²) < 4.78 is 0. The second-order valence-electron chi connectivity index (χ2n) is 2.73. The smallest absolute Gasteiger partial charge is 0.0933 e. The first kappa shape index (κ1) is 5.71. The quantitative estimate of drug-likeness (QED) is 0.522. The maximum Gasteiger partial charge on any atom is 0.0933 e. The summed E-state index contributed by atoms with van der Waals surface area (Å²) in [6, 6.07) is 0.772. The van der Waals surface area contributed by atoms with Gasteiger partial charge in [-0.1, -0.05) is 6.08 Å². The molecule has 2 heteroatoms. The molecular weight excluding hydrogens is 124 g/mol. The van der Waals surface area contributed by atoms with Crippen molar-refractivity contribution in [2.24, 2.45) is 4.99 Å². The fourth-order valence-electron chi connectivity index (χ4n) is 1.30. The van der Waals surface area contributed by atoms with Crippen LogP contribution >= 0.6 is 0 Å². The third kappa shape index (κ3) is 0.764. The lowest BCUT2D eigenvalue weighted by Gasteiger charge is -2.16. The molecule has 2 atom stereocenters. The number of rotatable bonds is 0. The highest BCUT2D eigenvalue weighted by atomic mass is 15.0. The van der Waals surface area contributed by atoms with Crippen molar-refractivity contribution in [3.8, 4) is 0 Å². The van der Waals surface area contributed by atoms with Crippen molar-refractivity contribution in [3.63, 3.8) is 0 Å². The summed E-state index contributed by atoms with van der Waals surface area (Å²) >= 11 is 0. The van der Waals surface area contributed by atoms with Crippen LogP contribution < -0.4 is 5.32 Å². The van der Waals surface area contributed by atoms with Crippen LogP contribution in [0.4, 0.5) is 0 Å². The first-order valence-electron chi connectivity index (χ1n) is 3.50. The molecule has 0 saturated carbocycles. The van der Waals surface area contributed by atoms with Crippen LogP contribution in [-0.2, 0) is 0 Å². The Labute approximate surface area is 60.3 Å². The average molecular weight is 134 g/mol. The van der Waals surface area contributed by atoms with Gasteiger partial charge in [-0.2, -0.15) is 0 Å². The van der Waals surface area contributed by atoms with Gasteiger partial charge in [0.1, 0.15) is 0 Å². The summed E-state index contributed by atoms with van der Waals surface area (Å²) in [5.74, 6) is 0. The van der Waals surface area contributed by atoms with E-state index >= 15 is 0 Å².